The molecule has 0 saturated heterocycles. The zero-order valence-corrected chi connectivity index (χ0v) is 21.9. The van der Waals surface area contributed by atoms with Gasteiger partial charge in [-0.2, -0.15) is 13.2 Å². The first-order valence-corrected chi connectivity index (χ1v) is 12.9. The van der Waals surface area contributed by atoms with E-state index in [2.05, 4.69) is 96.1 Å². The predicted octanol–water partition coefficient (Wildman–Crippen LogP) is 6.65. The van der Waals surface area contributed by atoms with E-state index in [9.17, 15) is 13.2 Å². The largest absolute Gasteiger partial charge is 0.490 e. The molecule has 5 aromatic rings. The molecule has 0 saturated carbocycles. The van der Waals surface area contributed by atoms with E-state index in [1.807, 2.05) is 0 Å². The summed E-state index contributed by atoms with van der Waals surface area (Å²) in [6.07, 6.45) is -5.08. The summed E-state index contributed by atoms with van der Waals surface area (Å²) < 4.78 is 31.7. The lowest BCUT2D eigenvalue weighted by molar-refractivity contribution is -0.192. The van der Waals surface area contributed by atoms with E-state index in [1.54, 1.807) is 11.3 Å². The Morgan fingerprint density at radius 3 is 2.26 bits per heavy atom. The van der Waals surface area contributed by atoms with Gasteiger partial charge in [0.1, 0.15) is 5.82 Å². The number of hydrogen-bond donors (Lipinski definition) is 4. The number of carboxylic acids is 1. The Morgan fingerprint density at radius 1 is 0.949 bits per heavy atom. The molecule has 39 heavy (non-hydrogen) atoms. The molecule has 6 nitrogen and oxygen atoms in total. The van der Waals surface area contributed by atoms with Crippen LogP contribution >= 0.6 is 11.3 Å². The van der Waals surface area contributed by atoms with Gasteiger partial charge in [-0.1, -0.05) is 54.6 Å². The number of carboxylic acid groups (broad SMARTS) is 1. The van der Waals surface area contributed by atoms with E-state index < -0.39 is 12.1 Å². The van der Waals surface area contributed by atoms with Crippen LogP contribution in [0.25, 0.3) is 32.2 Å². The topological polar surface area (TPSA) is 104 Å². The number of H-pyrrole nitrogens is 1. The lowest BCUT2D eigenvalue weighted by atomic mass is 10.1. The molecule has 0 aliphatic heterocycles. The van der Waals surface area contributed by atoms with Gasteiger partial charge >= 0.3 is 12.1 Å². The number of carbonyl (C=O) groups is 1. The number of para-hydroxylation sites is 1. The average molecular weight is 553 g/mol. The average Bonchev–Trinajstić information content (AvgIpc) is 3.58. The molecule has 0 radical (unpaired) electrons. The molecule has 10 heteroatoms. The number of hydrogen-bond acceptors (Lipinski definition) is 5. The standard InChI is InChI=1S/C27H26N4S.C2HF3O2/c1-18-4-2-7-23-26(18)31-27(30-23)25-13-12-24(32-25)22-6-3-5-21(14-22)17-29-16-20-10-8-19(15-28)9-11-20;3-2(4,5)1(6)7/h2-14,29H,15-17,28H2,1H3,(H,30,31);(H,6,7). The van der Waals surface area contributed by atoms with Crippen molar-refractivity contribution in [1.82, 2.24) is 15.3 Å². The van der Waals surface area contributed by atoms with Crippen molar-refractivity contribution in [3.8, 4) is 21.1 Å². The number of thiophene rings is 1. The number of aromatic amines is 1. The SMILES string of the molecule is Cc1cccc2[nH]c(-c3ccc(-c4cccc(CNCc5ccc(CN)cc5)c4)s3)nc12.O=C(O)C(F)(F)F. The number of nitrogens with zero attached hydrogens (tertiary/aromatic N) is 1. The van der Waals surface area contributed by atoms with E-state index in [4.69, 9.17) is 20.6 Å². The van der Waals surface area contributed by atoms with Gasteiger partial charge in [0, 0.05) is 24.5 Å². The Bertz CT molecular complexity index is 1560. The van der Waals surface area contributed by atoms with E-state index >= 15 is 0 Å². The highest BCUT2D eigenvalue weighted by atomic mass is 32.1. The minimum Gasteiger partial charge on any atom is -0.475 e. The highest BCUT2D eigenvalue weighted by Crippen LogP contribution is 2.34. The van der Waals surface area contributed by atoms with Gasteiger partial charge in [-0.25, -0.2) is 9.78 Å². The van der Waals surface area contributed by atoms with E-state index in [1.165, 1.54) is 27.1 Å². The molecule has 0 unspecified atom stereocenters. The fourth-order valence-electron chi connectivity index (χ4n) is 3.89. The number of aromatic nitrogens is 2. The van der Waals surface area contributed by atoms with Crippen LogP contribution in [0, 0.1) is 6.92 Å². The van der Waals surface area contributed by atoms with Gasteiger partial charge < -0.3 is 21.1 Å². The molecule has 3 aromatic carbocycles. The number of nitrogens with one attached hydrogen (secondary N) is 2. The van der Waals surface area contributed by atoms with Crippen molar-refractivity contribution in [3.63, 3.8) is 0 Å². The highest BCUT2D eigenvalue weighted by molar-refractivity contribution is 7.18. The number of aliphatic carboxylic acids is 1. The Kier molecular flexibility index (Phi) is 8.80. The first-order valence-electron chi connectivity index (χ1n) is 12.1. The smallest absolute Gasteiger partial charge is 0.475 e. The van der Waals surface area contributed by atoms with Crippen molar-refractivity contribution in [2.24, 2.45) is 5.73 Å². The van der Waals surface area contributed by atoms with Crippen LogP contribution in [-0.2, 0) is 24.4 Å². The van der Waals surface area contributed by atoms with Crippen molar-refractivity contribution >= 4 is 28.3 Å². The normalized spacial score (nSPS) is 11.3. The quantitative estimate of drug-likeness (QED) is 0.181. The molecule has 0 spiro atoms. The lowest BCUT2D eigenvalue weighted by Crippen LogP contribution is -2.21. The van der Waals surface area contributed by atoms with Crippen LogP contribution in [0.2, 0.25) is 0 Å². The van der Waals surface area contributed by atoms with Gasteiger partial charge in [-0.05, 0) is 59.0 Å². The molecule has 202 valence electrons. The monoisotopic (exact) mass is 552 g/mol. The van der Waals surface area contributed by atoms with Crippen LogP contribution < -0.4 is 11.1 Å². The third-order valence-corrected chi connectivity index (χ3v) is 7.07. The molecule has 5 rings (SSSR count). The minimum atomic E-state index is -5.08. The van der Waals surface area contributed by atoms with Crippen molar-refractivity contribution in [2.75, 3.05) is 0 Å². The maximum atomic E-state index is 10.6. The predicted molar refractivity (Wildman–Crippen MR) is 148 cm³/mol. The number of halogens is 3. The van der Waals surface area contributed by atoms with Crippen LogP contribution in [0.15, 0.2) is 78.9 Å². The molecule has 2 heterocycles. The summed E-state index contributed by atoms with van der Waals surface area (Å²) in [4.78, 5) is 19.6. The number of fused-ring (bicyclic) bond motifs is 1. The zero-order chi connectivity index (χ0) is 28.0. The molecule has 0 bridgehead atoms. The number of imidazole rings is 1. The number of alkyl halides is 3. The number of nitrogens with two attached hydrogens (primary N) is 1. The van der Waals surface area contributed by atoms with E-state index in [-0.39, 0.29) is 0 Å². The van der Waals surface area contributed by atoms with Crippen molar-refractivity contribution in [1.29, 1.82) is 0 Å². The fourth-order valence-corrected chi connectivity index (χ4v) is 4.84. The lowest BCUT2D eigenvalue weighted by Gasteiger charge is -2.07. The van der Waals surface area contributed by atoms with Crippen molar-refractivity contribution in [2.45, 2.75) is 32.7 Å². The van der Waals surface area contributed by atoms with Crippen LogP contribution in [0.4, 0.5) is 13.2 Å². The van der Waals surface area contributed by atoms with Gasteiger partial charge in [-0.3, -0.25) is 0 Å². The van der Waals surface area contributed by atoms with Gasteiger partial charge in [0.2, 0.25) is 0 Å². The maximum Gasteiger partial charge on any atom is 0.490 e. The maximum absolute atomic E-state index is 10.6. The van der Waals surface area contributed by atoms with Gasteiger partial charge in [0.05, 0.1) is 15.9 Å². The molecular weight excluding hydrogens is 525 g/mol. The summed E-state index contributed by atoms with van der Waals surface area (Å²) in [6, 6.07) is 27.8. The molecule has 0 aliphatic rings. The Morgan fingerprint density at radius 2 is 1.59 bits per heavy atom. The van der Waals surface area contributed by atoms with E-state index in [0.29, 0.717) is 6.54 Å². The highest BCUT2D eigenvalue weighted by Gasteiger charge is 2.38. The van der Waals surface area contributed by atoms with Crippen LogP contribution in [-0.4, -0.2) is 27.2 Å². The van der Waals surface area contributed by atoms with Gasteiger partial charge in [-0.15, -0.1) is 11.3 Å². The van der Waals surface area contributed by atoms with E-state index in [0.717, 1.165) is 40.4 Å². The van der Waals surface area contributed by atoms with Crippen LogP contribution in [0.5, 0.6) is 0 Å². The molecule has 0 aliphatic carbocycles. The molecule has 0 amide bonds. The van der Waals surface area contributed by atoms with Crippen molar-refractivity contribution < 1.29 is 23.1 Å². The molecule has 2 aromatic heterocycles. The molecule has 5 N–H and O–H groups in total. The summed E-state index contributed by atoms with van der Waals surface area (Å²) in [6.45, 7) is 4.35. The van der Waals surface area contributed by atoms with Crippen LogP contribution in [0.1, 0.15) is 22.3 Å². The minimum absolute atomic E-state index is 0.584. The number of rotatable bonds is 7. The van der Waals surface area contributed by atoms with Gasteiger partial charge in [0.15, 0.2) is 0 Å². The fraction of sp³-hybridized carbons (Fsp3) is 0.172. The first-order chi connectivity index (χ1) is 18.6. The second-order valence-electron chi connectivity index (χ2n) is 8.85. The summed E-state index contributed by atoms with van der Waals surface area (Å²) in [5.74, 6) is -1.82. The summed E-state index contributed by atoms with van der Waals surface area (Å²) in [5.41, 5.74) is 13.9. The second-order valence-corrected chi connectivity index (χ2v) is 9.93. The Labute approximate surface area is 227 Å². The second kappa shape index (κ2) is 12.2. The third kappa shape index (κ3) is 7.32. The Hall–Kier alpha value is -3.99. The third-order valence-electron chi connectivity index (χ3n) is 5.92. The number of benzene rings is 3. The molecular formula is C29H27F3N4O2S. The van der Waals surface area contributed by atoms with Crippen LogP contribution in [0.3, 0.4) is 0 Å². The zero-order valence-electron chi connectivity index (χ0n) is 21.0. The summed E-state index contributed by atoms with van der Waals surface area (Å²) in [5, 5.41) is 10.7. The number of aryl methyl sites for hydroxylation is 1. The summed E-state index contributed by atoms with van der Waals surface area (Å²) in [7, 11) is 0. The first kappa shape index (κ1) is 28.0. The molecule has 0 atom stereocenters. The Balaban J connectivity index is 0.000000448. The van der Waals surface area contributed by atoms with Gasteiger partial charge in [0.25, 0.3) is 0 Å². The summed E-state index contributed by atoms with van der Waals surface area (Å²) >= 11 is 1.77. The molecule has 0 fully saturated rings. The van der Waals surface area contributed by atoms with Crippen molar-refractivity contribution in [3.05, 3.63) is 101 Å².